The van der Waals surface area contributed by atoms with Crippen molar-refractivity contribution in [1.29, 1.82) is 0 Å². The highest BCUT2D eigenvalue weighted by Gasteiger charge is 2.42. The van der Waals surface area contributed by atoms with Crippen LogP contribution in [0.1, 0.15) is 43.4 Å². The molecule has 192 valence electrons. The molecule has 6 nitrogen and oxygen atoms in total. The number of esters is 1. The number of rotatable bonds is 9. The highest BCUT2D eigenvalue weighted by molar-refractivity contribution is 8.72. The predicted octanol–water partition coefficient (Wildman–Crippen LogP) is 4.84. The second-order valence-corrected chi connectivity index (χ2v) is 13.2. The smallest absolute Gasteiger partial charge is 0.330 e. The van der Waals surface area contributed by atoms with Crippen LogP contribution < -0.4 is 0 Å². The third kappa shape index (κ3) is 6.25. The lowest BCUT2D eigenvalue weighted by molar-refractivity contribution is -0.137. The summed E-state index contributed by atoms with van der Waals surface area (Å²) in [5.41, 5.74) is 1.81. The van der Waals surface area contributed by atoms with E-state index in [9.17, 15) is 22.4 Å². The van der Waals surface area contributed by atoms with Crippen molar-refractivity contribution in [2.24, 2.45) is 5.92 Å². The Morgan fingerprint density at radius 1 is 1.14 bits per heavy atom. The number of nitrogens with zero attached hydrogens (tertiary/aromatic N) is 1. The molecule has 36 heavy (non-hydrogen) atoms. The molecule has 2 aromatic carbocycles. The average Bonchev–Trinajstić information content (AvgIpc) is 3.68. The van der Waals surface area contributed by atoms with Gasteiger partial charge in [-0.2, -0.15) is 0 Å². The minimum Gasteiger partial charge on any atom is -0.463 e. The highest BCUT2D eigenvalue weighted by Crippen LogP contribution is 2.41. The van der Waals surface area contributed by atoms with Crippen LogP contribution in [0, 0.1) is 18.7 Å². The molecule has 2 aromatic rings. The molecule has 9 heteroatoms. The molecular formula is C27H30FNO5S2. The summed E-state index contributed by atoms with van der Waals surface area (Å²) in [7, 11) is -2.90. The van der Waals surface area contributed by atoms with Gasteiger partial charge in [0.05, 0.1) is 17.5 Å². The fourth-order valence-corrected chi connectivity index (χ4v) is 8.02. The van der Waals surface area contributed by atoms with Crippen molar-refractivity contribution in [3.05, 3.63) is 77.1 Å². The fourth-order valence-electron chi connectivity index (χ4n) is 4.42. The summed E-state index contributed by atoms with van der Waals surface area (Å²) >= 11 is 0. The number of likely N-dealkylation sites (tertiary alicyclic amines) is 1. The Bertz CT molecular complexity index is 1260. The molecule has 0 bridgehead atoms. The van der Waals surface area contributed by atoms with E-state index in [1.807, 2.05) is 11.8 Å². The first-order valence-electron chi connectivity index (χ1n) is 12.1. The minimum absolute atomic E-state index is 0.0334. The van der Waals surface area contributed by atoms with Gasteiger partial charge in [0.1, 0.15) is 5.82 Å². The van der Waals surface area contributed by atoms with Crippen LogP contribution >= 0.6 is 10.8 Å². The van der Waals surface area contributed by atoms with Gasteiger partial charge in [0.2, 0.25) is 8.87 Å². The molecule has 1 saturated heterocycles. The van der Waals surface area contributed by atoms with Crippen LogP contribution in [-0.4, -0.2) is 50.0 Å². The van der Waals surface area contributed by atoms with E-state index in [2.05, 4.69) is 0 Å². The molecule has 0 radical (unpaired) electrons. The van der Waals surface area contributed by atoms with Crippen molar-refractivity contribution in [3.63, 3.8) is 0 Å². The minimum atomic E-state index is -3.70. The Morgan fingerprint density at radius 2 is 1.83 bits per heavy atom. The van der Waals surface area contributed by atoms with Gasteiger partial charge in [-0.05, 0) is 67.7 Å². The van der Waals surface area contributed by atoms with Crippen molar-refractivity contribution in [3.8, 4) is 0 Å². The van der Waals surface area contributed by atoms with E-state index in [1.165, 1.54) is 12.1 Å². The van der Waals surface area contributed by atoms with Gasteiger partial charge in [0.25, 0.3) is 0 Å². The summed E-state index contributed by atoms with van der Waals surface area (Å²) in [5, 5.41) is -0.505. The standard InChI is InChI=1S/C27H30FNO5S2/c1-3-34-25(30)16-20-17-29(26(27(31)19-10-11-19)22-6-4-5-7-23(22)28)15-14-24(20)35-36(32,33)21-12-8-18(2)9-13-21/h4-9,12-13,16,19,24,26H,3,10-11,14-15,17H2,1-2H3/b20-16+. The molecule has 2 atom stereocenters. The Morgan fingerprint density at radius 3 is 2.47 bits per heavy atom. The third-order valence-electron chi connectivity index (χ3n) is 6.43. The quantitative estimate of drug-likeness (QED) is 0.260. The number of halogens is 1. The lowest BCUT2D eigenvalue weighted by atomic mass is 9.93. The van der Waals surface area contributed by atoms with Crippen LogP contribution in [0.25, 0.3) is 0 Å². The van der Waals surface area contributed by atoms with E-state index < -0.39 is 31.9 Å². The highest BCUT2D eigenvalue weighted by atomic mass is 33.1. The number of hydrogen-bond donors (Lipinski definition) is 0. The molecule has 0 amide bonds. The zero-order valence-electron chi connectivity index (χ0n) is 20.4. The van der Waals surface area contributed by atoms with E-state index in [1.54, 1.807) is 49.4 Å². The van der Waals surface area contributed by atoms with Crippen LogP contribution in [0.15, 0.2) is 65.1 Å². The maximum atomic E-state index is 14.8. The third-order valence-corrected chi connectivity index (χ3v) is 10.3. The zero-order valence-corrected chi connectivity index (χ0v) is 22.0. The molecule has 4 rings (SSSR count). The Balaban J connectivity index is 1.64. The van der Waals surface area contributed by atoms with Gasteiger partial charge in [-0.15, -0.1) is 0 Å². The van der Waals surface area contributed by atoms with E-state index in [4.69, 9.17) is 4.74 Å². The largest absolute Gasteiger partial charge is 0.463 e. The van der Waals surface area contributed by atoms with E-state index >= 15 is 0 Å². The summed E-state index contributed by atoms with van der Waals surface area (Å²) in [6, 6.07) is 12.1. The topological polar surface area (TPSA) is 80.8 Å². The van der Waals surface area contributed by atoms with Gasteiger partial charge in [0.15, 0.2) is 5.78 Å². The molecule has 1 heterocycles. The summed E-state index contributed by atoms with van der Waals surface area (Å²) in [5.74, 6) is -1.15. The Hall–Kier alpha value is -2.49. The molecule has 2 aliphatic rings. The molecule has 0 N–H and O–H groups in total. The van der Waals surface area contributed by atoms with Crippen LogP contribution in [0.4, 0.5) is 4.39 Å². The zero-order chi connectivity index (χ0) is 25.9. The van der Waals surface area contributed by atoms with Crippen molar-refractivity contribution in [2.75, 3.05) is 19.7 Å². The first kappa shape index (κ1) is 26.6. The molecule has 1 aliphatic heterocycles. The Labute approximate surface area is 215 Å². The lowest BCUT2D eigenvalue weighted by Crippen LogP contribution is -2.43. The number of carbonyl (C=O) groups excluding carboxylic acids is 2. The number of Topliss-reactive ketones (excluding diaryl/α,β-unsaturated/α-hetero) is 1. The van der Waals surface area contributed by atoms with Gasteiger partial charge in [-0.25, -0.2) is 17.6 Å². The normalized spacial score (nSPS) is 20.8. The van der Waals surface area contributed by atoms with Crippen molar-refractivity contribution in [1.82, 2.24) is 4.90 Å². The maximum Gasteiger partial charge on any atom is 0.330 e. The van der Waals surface area contributed by atoms with E-state index in [-0.39, 0.29) is 29.7 Å². The number of carbonyl (C=O) groups is 2. The van der Waals surface area contributed by atoms with Gasteiger partial charge >= 0.3 is 5.97 Å². The second kappa shape index (κ2) is 11.3. The second-order valence-electron chi connectivity index (χ2n) is 9.18. The molecule has 0 aromatic heterocycles. The van der Waals surface area contributed by atoms with Gasteiger partial charge < -0.3 is 4.74 Å². The molecule has 2 fully saturated rings. The maximum absolute atomic E-state index is 14.8. The predicted molar refractivity (Wildman–Crippen MR) is 138 cm³/mol. The van der Waals surface area contributed by atoms with Crippen molar-refractivity contribution < 1.29 is 27.1 Å². The number of piperidine rings is 1. The monoisotopic (exact) mass is 531 g/mol. The van der Waals surface area contributed by atoms with Crippen LogP contribution in [-0.2, 0) is 23.2 Å². The number of ether oxygens (including phenoxy) is 1. The van der Waals surface area contributed by atoms with E-state index in [0.29, 0.717) is 24.1 Å². The number of hydrogen-bond acceptors (Lipinski definition) is 7. The van der Waals surface area contributed by atoms with Gasteiger partial charge in [-0.3, -0.25) is 9.69 Å². The molecule has 2 unspecified atom stereocenters. The van der Waals surface area contributed by atoms with Gasteiger partial charge in [0, 0.05) is 35.9 Å². The molecule has 1 saturated carbocycles. The molecular weight excluding hydrogens is 501 g/mol. The fraction of sp³-hybridized carbons (Fsp3) is 0.407. The number of ketones is 1. The first-order valence-corrected chi connectivity index (χ1v) is 15.0. The summed E-state index contributed by atoms with van der Waals surface area (Å²) < 4.78 is 46.2. The summed E-state index contributed by atoms with van der Waals surface area (Å²) in [6.45, 7) is 4.31. The van der Waals surface area contributed by atoms with Crippen LogP contribution in [0.3, 0.4) is 0 Å². The Kier molecular flexibility index (Phi) is 8.32. The molecule has 1 aliphatic carbocycles. The van der Waals surface area contributed by atoms with Crippen LogP contribution in [0.2, 0.25) is 0 Å². The lowest BCUT2D eigenvalue weighted by Gasteiger charge is -2.38. The summed E-state index contributed by atoms with van der Waals surface area (Å²) in [6.07, 6.45) is 3.29. The van der Waals surface area contributed by atoms with Crippen LogP contribution in [0.5, 0.6) is 0 Å². The first-order chi connectivity index (χ1) is 17.2. The van der Waals surface area contributed by atoms with Gasteiger partial charge in [-0.1, -0.05) is 35.9 Å². The number of aryl methyl sites for hydroxylation is 1. The van der Waals surface area contributed by atoms with Crippen molar-refractivity contribution in [2.45, 2.75) is 49.3 Å². The number of benzene rings is 2. The summed E-state index contributed by atoms with van der Waals surface area (Å²) in [4.78, 5) is 27.7. The molecule has 0 spiro atoms. The SMILES string of the molecule is CCOC(=O)/C=C1\CN(C(C(=O)C2CC2)c2ccccc2F)CCC1SS(=O)(=O)c1ccc(C)cc1. The van der Waals surface area contributed by atoms with Crippen molar-refractivity contribution >= 4 is 31.4 Å². The van der Waals surface area contributed by atoms with E-state index in [0.717, 1.165) is 29.2 Å². The average molecular weight is 532 g/mol.